The summed E-state index contributed by atoms with van der Waals surface area (Å²) in [6.45, 7) is 0. The molecule has 0 radical (unpaired) electrons. The first-order chi connectivity index (χ1) is 7.42. The maximum absolute atomic E-state index is 11.6. The first kappa shape index (κ1) is 12.5. The van der Waals surface area contributed by atoms with Gasteiger partial charge in [-0.3, -0.25) is 0 Å². The van der Waals surface area contributed by atoms with Gasteiger partial charge in [0.2, 0.25) is 10.0 Å². The minimum atomic E-state index is -3.74. The van der Waals surface area contributed by atoms with Crippen LogP contribution in [0, 0.1) is 0 Å². The molecule has 1 rings (SSSR count). The van der Waals surface area contributed by atoms with Crippen molar-refractivity contribution in [2.45, 2.75) is 4.90 Å². The summed E-state index contributed by atoms with van der Waals surface area (Å²) in [7, 11) is -1.31. The van der Waals surface area contributed by atoms with Crippen LogP contribution in [0.15, 0.2) is 23.1 Å². The molecule has 7 heteroatoms. The summed E-state index contributed by atoms with van der Waals surface area (Å²) in [5.41, 5.74) is 5.68. The maximum Gasteiger partial charge on any atom is 0.339 e. The van der Waals surface area contributed by atoms with Gasteiger partial charge in [0.1, 0.15) is 0 Å². The Bertz CT molecular complexity index is 510. The van der Waals surface area contributed by atoms with Crippen LogP contribution in [0.1, 0.15) is 10.4 Å². The van der Waals surface area contributed by atoms with Crippen molar-refractivity contribution in [2.24, 2.45) is 0 Å². The molecule has 0 bridgehead atoms. The summed E-state index contributed by atoms with van der Waals surface area (Å²) in [6, 6.07) is 3.95. The molecule has 0 spiro atoms. The lowest BCUT2D eigenvalue weighted by molar-refractivity contribution is 0.0596. The van der Waals surface area contributed by atoms with E-state index in [0.29, 0.717) is 0 Å². The molecule has 16 heavy (non-hydrogen) atoms. The minimum Gasteiger partial charge on any atom is -0.465 e. The van der Waals surface area contributed by atoms with E-state index in [1.54, 1.807) is 0 Å². The van der Waals surface area contributed by atoms with E-state index in [4.69, 9.17) is 5.73 Å². The molecule has 0 amide bonds. The molecule has 3 N–H and O–H groups in total. The van der Waals surface area contributed by atoms with Crippen LogP contribution in [0.2, 0.25) is 0 Å². The van der Waals surface area contributed by atoms with Crippen molar-refractivity contribution in [2.75, 3.05) is 19.9 Å². The Labute approximate surface area is 93.5 Å². The van der Waals surface area contributed by atoms with Crippen LogP contribution in [0.25, 0.3) is 0 Å². The van der Waals surface area contributed by atoms with Gasteiger partial charge in [-0.25, -0.2) is 17.9 Å². The van der Waals surface area contributed by atoms with Gasteiger partial charge < -0.3 is 10.5 Å². The average Bonchev–Trinajstić information content (AvgIpc) is 2.28. The van der Waals surface area contributed by atoms with Gasteiger partial charge >= 0.3 is 5.97 Å². The van der Waals surface area contributed by atoms with E-state index in [1.807, 2.05) is 0 Å². The normalized spacial score (nSPS) is 11.1. The second kappa shape index (κ2) is 4.50. The lowest BCUT2D eigenvalue weighted by Gasteiger charge is -2.08. The van der Waals surface area contributed by atoms with Crippen LogP contribution in [-0.4, -0.2) is 28.5 Å². The van der Waals surface area contributed by atoms with E-state index in [-0.39, 0.29) is 16.1 Å². The van der Waals surface area contributed by atoms with Gasteiger partial charge in [-0.2, -0.15) is 0 Å². The van der Waals surface area contributed by atoms with Crippen molar-refractivity contribution in [1.29, 1.82) is 0 Å². The zero-order valence-electron chi connectivity index (χ0n) is 8.85. The van der Waals surface area contributed by atoms with E-state index in [2.05, 4.69) is 9.46 Å². The molecule has 0 heterocycles. The van der Waals surface area contributed by atoms with Crippen LogP contribution in [0.4, 0.5) is 5.69 Å². The van der Waals surface area contributed by atoms with Crippen LogP contribution in [0.5, 0.6) is 0 Å². The largest absolute Gasteiger partial charge is 0.465 e. The monoisotopic (exact) mass is 244 g/mol. The van der Waals surface area contributed by atoms with Crippen molar-refractivity contribution < 1.29 is 17.9 Å². The van der Waals surface area contributed by atoms with Crippen LogP contribution >= 0.6 is 0 Å². The Morgan fingerprint density at radius 3 is 2.56 bits per heavy atom. The molecule has 88 valence electrons. The third kappa shape index (κ3) is 2.31. The Hall–Kier alpha value is -1.60. The number of hydrogen-bond acceptors (Lipinski definition) is 5. The highest BCUT2D eigenvalue weighted by Crippen LogP contribution is 2.19. The molecule has 0 atom stereocenters. The molecule has 1 aromatic carbocycles. The van der Waals surface area contributed by atoms with Crippen molar-refractivity contribution >= 4 is 21.7 Å². The molecule has 0 unspecified atom stereocenters. The average molecular weight is 244 g/mol. The van der Waals surface area contributed by atoms with Gasteiger partial charge in [0.05, 0.1) is 17.6 Å². The number of hydrogen-bond donors (Lipinski definition) is 2. The standard InChI is InChI=1S/C9H12N2O4S/c1-11-16(13,14)8-5-6(10)3-4-7(8)9(12)15-2/h3-5,11H,10H2,1-2H3. The fourth-order valence-corrected chi connectivity index (χ4v) is 2.10. The molecule has 0 aliphatic carbocycles. The van der Waals surface area contributed by atoms with E-state index < -0.39 is 16.0 Å². The molecule has 6 nitrogen and oxygen atoms in total. The van der Waals surface area contributed by atoms with E-state index in [9.17, 15) is 13.2 Å². The zero-order valence-corrected chi connectivity index (χ0v) is 9.67. The Balaban J connectivity index is 3.47. The number of rotatable bonds is 3. The number of nitrogens with one attached hydrogen (secondary N) is 1. The van der Waals surface area contributed by atoms with E-state index in [1.165, 1.54) is 32.4 Å². The van der Waals surface area contributed by atoms with Crippen molar-refractivity contribution in [1.82, 2.24) is 4.72 Å². The molecule has 0 saturated heterocycles. The van der Waals surface area contributed by atoms with Crippen LogP contribution < -0.4 is 10.5 Å². The summed E-state index contributed by atoms with van der Waals surface area (Å²) in [5.74, 6) is -0.728. The summed E-state index contributed by atoms with van der Waals surface area (Å²) < 4.78 is 29.8. The van der Waals surface area contributed by atoms with Crippen LogP contribution in [-0.2, 0) is 14.8 Å². The lowest BCUT2D eigenvalue weighted by atomic mass is 10.2. The molecule has 0 aliphatic rings. The van der Waals surface area contributed by atoms with E-state index in [0.717, 1.165) is 0 Å². The molecule has 0 aliphatic heterocycles. The minimum absolute atomic E-state index is 0.0500. The van der Waals surface area contributed by atoms with Gasteiger partial charge in [-0.15, -0.1) is 0 Å². The summed E-state index contributed by atoms with van der Waals surface area (Å²) in [5, 5.41) is 0. The van der Waals surface area contributed by atoms with Crippen molar-refractivity contribution in [3.05, 3.63) is 23.8 Å². The molecule has 0 fully saturated rings. The van der Waals surface area contributed by atoms with E-state index >= 15 is 0 Å². The number of benzene rings is 1. The number of methoxy groups -OCH3 is 1. The third-order valence-electron chi connectivity index (χ3n) is 1.97. The highest BCUT2D eigenvalue weighted by molar-refractivity contribution is 7.89. The number of esters is 1. The molecule has 0 aromatic heterocycles. The number of carbonyl (C=O) groups excluding carboxylic acids is 1. The van der Waals surface area contributed by atoms with Gasteiger partial charge in [-0.1, -0.05) is 0 Å². The number of carbonyl (C=O) groups is 1. The molecular formula is C9H12N2O4S. The summed E-state index contributed by atoms with van der Waals surface area (Å²) in [4.78, 5) is 11.2. The number of anilines is 1. The number of nitrogens with two attached hydrogens (primary N) is 1. The molecule has 1 aromatic rings. The molecule has 0 saturated carbocycles. The predicted octanol–water partition coefficient (Wildman–Crippen LogP) is -0.0365. The smallest absolute Gasteiger partial charge is 0.339 e. The van der Waals surface area contributed by atoms with Gasteiger partial charge in [0.25, 0.3) is 0 Å². The Morgan fingerprint density at radius 1 is 1.44 bits per heavy atom. The Kier molecular flexibility index (Phi) is 3.51. The highest BCUT2D eigenvalue weighted by Gasteiger charge is 2.21. The first-order valence-electron chi connectivity index (χ1n) is 4.33. The van der Waals surface area contributed by atoms with Crippen molar-refractivity contribution in [3.63, 3.8) is 0 Å². The lowest BCUT2D eigenvalue weighted by Crippen LogP contribution is -2.22. The number of sulfonamides is 1. The van der Waals surface area contributed by atoms with Gasteiger partial charge in [-0.05, 0) is 25.2 Å². The second-order valence-electron chi connectivity index (χ2n) is 2.95. The quantitative estimate of drug-likeness (QED) is 0.574. The van der Waals surface area contributed by atoms with Crippen molar-refractivity contribution in [3.8, 4) is 0 Å². The third-order valence-corrected chi connectivity index (χ3v) is 3.42. The number of nitrogen functional groups attached to an aromatic ring is 1. The first-order valence-corrected chi connectivity index (χ1v) is 5.82. The van der Waals surface area contributed by atoms with Gasteiger partial charge in [0.15, 0.2) is 0 Å². The zero-order chi connectivity index (χ0) is 12.3. The van der Waals surface area contributed by atoms with Gasteiger partial charge in [0, 0.05) is 5.69 Å². The Morgan fingerprint density at radius 2 is 2.06 bits per heavy atom. The molecular weight excluding hydrogens is 232 g/mol. The summed E-state index contributed by atoms with van der Waals surface area (Å²) >= 11 is 0. The fraction of sp³-hybridized carbons (Fsp3) is 0.222. The SMILES string of the molecule is CNS(=O)(=O)c1cc(N)ccc1C(=O)OC. The summed E-state index contributed by atoms with van der Waals surface area (Å²) in [6.07, 6.45) is 0. The van der Waals surface area contributed by atoms with Crippen LogP contribution in [0.3, 0.4) is 0 Å². The maximum atomic E-state index is 11.6. The highest BCUT2D eigenvalue weighted by atomic mass is 32.2. The predicted molar refractivity (Wildman–Crippen MR) is 58.4 cm³/mol. The number of ether oxygens (including phenoxy) is 1. The second-order valence-corrected chi connectivity index (χ2v) is 4.81. The topological polar surface area (TPSA) is 98.5 Å². The fourth-order valence-electron chi connectivity index (χ4n) is 1.15.